The van der Waals surface area contributed by atoms with Crippen LogP contribution < -0.4 is 5.32 Å². The lowest BCUT2D eigenvalue weighted by molar-refractivity contribution is -0.147. The molecule has 10 nitrogen and oxygen atoms in total. The number of halogens is 1. The van der Waals surface area contributed by atoms with E-state index in [2.05, 4.69) is 11.4 Å². The Bertz CT molecular complexity index is 1800. The van der Waals surface area contributed by atoms with Crippen molar-refractivity contribution in [3.8, 4) is 6.07 Å². The Morgan fingerprint density at radius 1 is 1.09 bits per heavy atom. The summed E-state index contributed by atoms with van der Waals surface area (Å²) in [4.78, 5) is 64.1. The van der Waals surface area contributed by atoms with E-state index < -0.39 is 37.0 Å². The van der Waals surface area contributed by atoms with E-state index in [0.29, 0.717) is 42.3 Å². The topological polar surface area (TPSA) is 151 Å². The van der Waals surface area contributed by atoms with Gasteiger partial charge in [-0.3, -0.25) is 18.9 Å². The lowest BCUT2D eigenvalue weighted by Crippen LogP contribution is -2.56. The molecule has 4 fully saturated rings. The number of benzene rings is 2. The minimum atomic E-state index is -4.98. The first-order valence-corrected chi connectivity index (χ1v) is 18.1. The largest absolute Gasteiger partial charge is 0.363 e. The number of carbonyl (C=O) groups is 3. The number of carbonyl (C=O) groups excluding carboxylic acids is 3. The Labute approximate surface area is 269 Å². The highest BCUT2D eigenvalue weighted by atomic mass is 32.1. The molecular formula is C33H34FN4O6PS. The van der Waals surface area contributed by atoms with Crippen LogP contribution in [0.3, 0.4) is 0 Å². The van der Waals surface area contributed by atoms with Crippen LogP contribution in [-0.4, -0.2) is 67.5 Å². The summed E-state index contributed by atoms with van der Waals surface area (Å²) in [7, 11) is -4.98. The molecule has 1 saturated carbocycles. The van der Waals surface area contributed by atoms with Crippen molar-refractivity contribution in [3.63, 3.8) is 0 Å². The van der Waals surface area contributed by atoms with Gasteiger partial charge in [0.05, 0.1) is 22.4 Å². The van der Waals surface area contributed by atoms with Crippen LogP contribution in [0.25, 0.3) is 10.1 Å². The van der Waals surface area contributed by atoms with Gasteiger partial charge in [-0.15, -0.1) is 11.3 Å². The van der Waals surface area contributed by atoms with Gasteiger partial charge in [0.1, 0.15) is 12.1 Å². The average molecular weight is 665 g/mol. The molecule has 3 amide bonds. The summed E-state index contributed by atoms with van der Waals surface area (Å²) in [6.45, 7) is 0.440. The van der Waals surface area contributed by atoms with Crippen LogP contribution in [0, 0.1) is 17.2 Å². The van der Waals surface area contributed by atoms with Crippen molar-refractivity contribution in [2.24, 2.45) is 5.92 Å². The van der Waals surface area contributed by atoms with Gasteiger partial charge in [0.2, 0.25) is 17.7 Å². The molecule has 3 saturated heterocycles. The Hall–Kier alpha value is -3.62. The second-order valence-electron chi connectivity index (χ2n) is 13.0. The molecule has 3 N–H and O–H groups in total. The standard InChI is InChI=1S/C33H34FN4O6PS/c34-29(45(42,43)44)20-9-12-27-21(15-20)16-28(46-27)30(39)36-25-8-4-7-22-10-11-26(38(22)31(25)40)32(41)37-18-23(19-5-2-1-3-6-19)24(17-35)33(37)13-14-33/h1-3,5-6,9,12,15-16,22-26,29H,4,7-8,10-11,13-14,18H2,(H,36,39)(H2,42,43,44)/t22-,23-,24-,25?,26-,29+/m0/s1. The van der Waals surface area contributed by atoms with Gasteiger partial charge in [0, 0.05) is 23.2 Å². The average Bonchev–Trinajstić information content (AvgIpc) is 3.42. The monoisotopic (exact) mass is 664 g/mol. The Morgan fingerprint density at radius 3 is 2.54 bits per heavy atom. The second kappa shape index (κ2) is 11.6. The molecule has 7 rings (SSSR count). The van der Waals surface area contributed by atoms with Crippen molar-refractivity contribution in [2.45, 2.75) is 80.4 Å². The van der Waals surface area contributed by atoms with Crippen LogP contribution >= 0.6 is 18.9 Å². The van der Waals surface area contributed by atoms with Gasteiger partial charge in [0.25, 0.3) is 5.91 Å². The van der Waals surface area contributed by atoms with E-state index in [0.717, 1.165) is 36.2 Å². The molecule has 3 aromatic rings. The van der Waals surface area contributed by atoms with E-state index in [4.69, 9.17) is 0 Å². The van der Waals surface area contributed by atoms with E-state index in [-0.39, 0.29) is 40.1 Å². The predicted octanol–water partition coefficient (Wildman–Crippen LogP) is 4.99. The summed E-state index contributed by atoms with van der Waals surface area (Å²) in [5.74, 6) is -3.74. The van der Waals surface area contributed by atoms with Crippen LogP contribution in [0.4, 0.5) is 4.39 Å². The number of thiophene rings is 1. The molecule has 1 unspecified atom stereocenters. The number of likely N-dealkylation sites (tertiary alicyclic amines) is 1. The molecule has 0 radical (unpaired) electrons. The van der Waals surface area contributed by atoms with Crippen molar-refractivity contribution < 1.29 is 33.1 Å². The van der Waals surface area contributed by atoms with E-state index in [1.165, 1.54) is 24.3 Å². The lowest BCUT2D eigenvalue weighted by Gasteiger charge is -2.35. The van der Waals surface area contributed by atoms with Gasteiger partial charge in [-0.05, 0) is 79.7 Å². The van der Waals surface area contributed by atoms with Crippen molar-refractivity contribution in [2.75, 3.05) is 6.54 Å². The molecule has 6 atom stereocenters. The van der Waals surface area contributed by atoms with Crippen molar-refractivity contribution in [1.82, 2.24) is 15.1 Å². The molecule has 4 heterocycles. The van der Waals surface area contributed by atoms with Gasteiger partial charge in [-0.1, -0.05) is 36.4 Å². The third-order valence-electron chi connectivity index (χ3n) is 10.3. The fraction of sp³-hybridized carbons (Fsp3) is 0.455. The molecule has 240 valence electrons. The van der Waals surface area contributed by atoms with E-state index in [1.807, 2.05) is 35.2 Å². The van der Waals surface area contributed by atoms with Crippen LogP contribution in [0.5, 0.6) is 0 Å². The number of fused-ring (bicyclic) bond motifs is 2. The van der Waals surface area contributed by atoms with Gasteiger partial charge in [-0.2, -0.15) is 5.26 Å². The highest BCUT2D eigenvalue weighted by molar-refractivity contribution is 7.51. The number of nitriles is 1. The van der Waals surface area contributed by atoms with E-state index in [9.17, 15) is 38.4 Å². The number of nitrogens with one attached hydrogen (secondary N) is 1. The molecule has 1 aromatic heterocycles. The summed E-state index contributed by atoms with van der Waals surface area (Å²) in [5.41, 5.74) is 0.362. The summed E-state index contributed by atoms with van der Waals surface area (Å²) in [6, 6.07) is 16.4. The van der Waals surface area contributed by atoms with Gasteiger partial charge in [0.15, 0.2) is 0 Å². The fourth-order valence-electron chi connectivity index (χ4n) is 7.92. The van der Waals surface area contributed by atoms with Crippen LogP contribution in [0.15, 0.2) is 54.6 Å². The van der Waals surface area contributed by atoms with Crippen LogP contribution in [0.1, 0.15) is 77.6 Å². The first-order valence-electron chi connectivity index (χ1n) is 15.6. The van der Waals surface area contributed by atoms with Gasteiger partial charge in [-0.25, -0.2) is 4.39 Å². The zero-order valence-corrected chi connectivity index (χ0v) is 26.6. The molecule has 0 bridgehead atoms. The third kappa shape index (κ3) is 5.23. The van der Waals surface area contributed by atoms with Crippen molar-refractivity contribution in [1.29, 1.82) is 5.26 Å². The quantitative estimate of drug-likeness (QED) is 0.314. The number of alkyl halides is 1. The second-order valence-corrected chi connectivity index (χ2v) is 15.7. The summed E-state index contributed by atoms with van der Waals surface area (Å²) >= 11 is 1.14. The minimum Gasteiger partial charge on any atom is -0.340 e. The number of amides is 3. The molecular weight excluding hydrogens is 630 g/mol. The number of rotatable bonds is 6. The SMILES string of the molecule is N#C[C@H]1[C@H](c2ccccc2)CN(C(=O)[C@@H]2CC[C@@H]3CCCC(NC(=O)c4cc5cc([C@H](F)P(=O)(O)O)ccc5s4)C(=O)N32)C12CC2. The zero-order valence-electron chi connectivity index (χ0n) is 24.9. The Morgan fingerprint density at radius 2 is 1.85 bits per heavy atom. The molecule has 4 aliphatic rings. The molecule has 13 heteroatoms. The first-order chi connectivity index (χ1) is 22.0. The normalized spacial score (nSPS) is 27.7. The predicted molar refractivity (Wildman–Crippen MR) is 168 cm³/mol. The number of hydrogen-bond donors (Lipinski definition) is 3. The summed E-state index contributed by atoms with van der Waals surface area (Å²) in [6.07, 6.45) is 4.65. The maximum Gasteiger partial charge on any atom is 0.363 e. The molecule has 2 aromatic carbocycles. The molecule has 3 aliphatic heterocycles. The maximum absolute atomic E-state index is 14.3. The number of nitrogens with zero attached hydrogens (tertiary/aromatic N) is 3. The minimum absolute atomic E-state index is 0.0910. The summed E-state index contributed by atoms with van der Waals surface area (Å²) < 4.78 is 26.3. The third-order valence-corrected chi connectivity index (χ3v) is 12.3. The van der Waals surface area contributed by atoms with E-state index >= 15 is 0 Å². The Balaban J connectivity index is 1.09. The fourth-order valence-corrected chi connectivity index (χ4v) is 9.41. The summed E-state index contributed by atoms with van der Waals surface area (Å²) in [5, 5.41) is 13.5. The van der Waals surface area contributed by atoms with Gasteiger partial charge >= 0.3 is 7.60 Å². The smallest absolute Gasteiger partial charge is 0.340 e. The van der Waals surface area contributed by atoms with Crippen LogP contribution in [-0.2, 0) is 14.2 Å². The lowest BCUT2D eigenvalue weighted by atomic mass is 9.85. The van der Waals surface area contributed by atoms with Gasteiger partial charge < -0.3 is 24.9 Å². The molecule has 1 aliphatic carbocycles. The first kappa shape index (κ1) is 31.0. The molecule has 46 heavy (non-hydrogen) atoms. The zero-order chi connectivity index (χ0) is 32.4. The van der Waals surface area contributed by atoms with E-state index in [1.54, 1.807) is 4.90 Å². The number of hydrogen-bond acceptors (Lipinski definition) is 6. The highest BCUT2D eigenvalue weighted by Crippen LogP contribution is 2.58. The molecule has 1 spiro atoms. The highest BCUT2D eigenvalue weighted by Gasteiger charge is 2.64. The maximum atomic E-state index is 14.3. The van der Waals surface area contributed by atoms with Crippen LogP contribution in [0.2, 0.25) is 0 Å². The Kier molecular flexibility index (Phi) is 7.80. The van der Waals surface area contributed by atoms with Crippen molar-refractivity contribution >= 4 is 46.7 Å². The van der Waals surface area contributed by atoms with Crippen molar-refractivity contribution in [3.05, 3.63) is 70.6 Å².